The van der Waals surface area contributed by atoms with Gasteiger partial charge in [0.05, 0.1) is 0 Å². The molecular formula is C8H17NO. The van der Waals surface area contributed by atoms with Crippen LogP contribution < -0.4 is 0 Å². The molecule has 60 valence electrons. The summed E-state index contributed by atoms with van der Waals surface area (Å²) in [5.74, 6) is 0. The molecule has 0 unspecified atom stereocenters. The van der Waals surface area contributed by atoms with Gasteiger partial charge in [0.1, 0.15) is 0 Å². The average molecular weight is 143 g/mol. The zero-order chi connectivity index (χ0) is 8.20. The summed E-state index contributed by atoms with van der Waals surface area (Å²) in [7, 11) is 1.80. The SMILES string of the molecule is CN(C=O)CCC(C)(C)C. The summed E-state index contributed by atoms with van der Waals surface area (Å²) in [5.41, 5.74) is 0.331. The molecule has 0 atom stereocenters. The van der Waals surface area contributed by atoms with Crippen LogP contribution in [0, 0.1) is 5.41 Å². The highest BCUT2D eigenvalue weighted by molar-refractivity contribution is 5.46. The molecule has 2 nitrogen and oxygen atoms in total. The van der Waals surface area contributed by atoms with Crippen LogP contribution in [0.4, 0.5) is 0 Å². The first-order chi connectivity index (χ1) is 4.45. The largest absolute Gasteiger partial charge is 0.348 e. The Bertz CT molecular complexity index is 104. The lowest BCUT2D eigenvalue weighted by Crippen LogP contribution is -2.21. The van der Waals surface area contributed by atoms with Gasteiger partial charge in [-0.25, -0.2) is 0 Å². The zero-order valence-corrected chi connectivity index (χ0v) is 7.35. The highest BCUT2D eigenvalue weighted by Gasteiger charge is 2.09. The molecule has 0 rings (SSSR count). The molecule has 1 amide bonds. The van der Waals surface area contributed by atoms with E-state index in [-0.39, 0.29) is 0 Å². The van der Waals surface area contributed by atoms with Crippen molar-refractivity contribution in [2.24, 2.45) is 5.41 Å². The van der Waals surface area contributed by atoms with E-state index in [1.54, 1.807) is 11.9 Å². The molecule has 0 saturated heterocycles. The maximum atomic E-state index is 10.1. The number of rotatable bonds is 3. The predicted octanol–water partition coefficient (Wildman–Crippen LogP) is 1.51. The molecule has 0 spiro atoms. The van der Waals surface area contributed by atoms with Crippen LogP contribution in [0.25, 0.3) is 0 Å². The molecule has 0 N–H and O–H groups in total. The summed E-state index contributed by atoms with van der Waals surface area (Å²) < 4.78 is 0. The third-order valence-corrected chi connectivity index (χ3v) is 1.39. The first-order valence-electron chi connectivity index (χ1n) is 3.61. The molecule has 0 aliphatic rings. The topological polar surface area (TPSA) is 20.3 Å². The molecule has 0 saturated carbocycles. The Hall–Kier alpha value is -0.530. The standard InChI is InChI=1S/C8H17NO/c1-8(2,3)5-6-9(4)7-10/h7H,5-6H2,1-4H3. The maximum absolute atomic E-state index is 10.1. The van der Waals surface area contributed by atoms with Crippen LogP contribution in [-0.2, 0) is 4.79 Å². The van der Waals surface area contributed by atoms with Crippen LogP contribution >= 0.6 is 0 Å². The summed E-state index contributed by atoms with van der Waals surface area (Å²) in [6.45, 7) is 7.37. The molecule has 0 radical (unpaired) electrons. The summed E-state index contributed by atoms with van der Waals surface area (Å²) >= 11 is 0. The minimum Gasteiger partial charge on any atom is -0.348 e. The van der Waals surface area contributed by atoms with Crippen LogP contribution in [0.3, 0.4) is 0 Å². The lowest BCUT2D eigenvalue weighted by molar-refractivity contribution is -0.117. The molecule has 0 aromatic carbocycles. The summed E-state index contributed by atoms with van der Waals surface area (Å²) in [4.78, 5) is 11.8. The van der Waals surface area contributed by atoms with Gasteiger partial charge in [0.25, 0.3) is 0 Å². The van der Waals surface area contributed by atoms with Crippen LogP contribution in [-0.4, -0.2) is 24.9 Å². The van der Waals surface area contributed by atoms with E-state index >= 15 is 0 Å². The van der Waals surface area contributed by atoms with Gasteiger partial charge in [-0.1, -0.05) is 20.8 Å². The highest BCUT2D eigenvalue weighted by atomic mass is 16.1. The predicted molar refractivity (Wildman–Crippen MR) is 42.8 cm³/mol. The summed E-state index contributed by atoms with van der Waals surface area (Å²) in [6.07, 6.45) is 1.92. The molecule has 0 aliphatic heterocycles. The number of nitrogens with zero attached hydrogens (tertiary/aromatic N) is 1. The molecule has 2 heteroatoms. The number of hydrogen-bond acceptors (Lipinski definition) is 1. The minimum absolute atomic E-state index is 0.331. The third-order valence-electron chi connectivity index (χ3n) is 1.39. The third kappa shape index (κ3) is 5.60. The fourth-order valence-corrected chi connectivity index (χ4v) is 0.564. The Morgan fingerprint density at radius 1 is 1.40 bits per heavy atom. The van der Waals surface area contributed by atoms with E-state index < -0.39 is 0 Å². The van der Waals surface area contributed by atoms with Gasteiger partial charge in [0, 0.05) is 13.6 Å². The van der Waals surface area contributed by atoms with Gasteiger partial charge in [0.15, 0.2) is 0 Å². The Balaban J connectivity index is 3.45. The number of carbonyl (C=O) groups excluding carboxylic acids is 1. The molecule has 0 heterocycles. The van der Waals surface area contributed by atoms with Crippen molar-refractivity contribution in [3.05, 3.63) is 0 Å². The monoisotopic (exact) mass is 143 g/mol. The fraction of sp³-hybridized carbons (Fsp3) is 0.875. The van der Waals surface area contributed by atoms with E-state index in [2.05, 4.69) is 20.8 Å². The second kappa shape index (κ2) is 3.59. The minimum atomic E-state index is 0.331. The molecular weight excluding hydrogens is 126 g/mol. The van der Waals surface area contributed by atoms with Crippen molar-refractivity contribution in [3.8, 4) is 0 Å². The van der Waals surface area contributed by atoms with E-state index in [4.69, 9.17) is 0 Å². The van der Waals surface area contributed by atoms with Crippen molar-refractivity contribution in [1.29, 1.82) is 0 Å². The van der Waals surface area contributed by atoms with Crippen LogP contribution in [0.2, 0.25) is 0 Å². The van der Waals surface area contributed by atoms with Crippen molar-refractivity contribution >= 4 is 6.41 Å². The molecule has 0 aromatic rings. The maximum Gasteiger partial charge on any atom is 0.209 e. The highest BCUT2D eigenvalue weighted by Crippen LogP contribution is 2.17. The molecule has 0 aromatic heterocycles. The van der Waals surface area contributed by atoms with Crippen molar-refractivity contribution < 1.29 is 4.79 Å². The molecule has 0 aliphatic carbocycles. The molecule has 0 bridgehead atoms. The van der Waals surface area contributed by atoms with Gasteiger partial charge >= 0.3 is 0 Å². The van der Waals surface area contributed by atoms with E-state index in [9.17, 15) is 4.79 Å². The Morgan fingerprint density at radius 3 is 2.20 bits per heavy atom. The zero-order valence-electron chi connectivity index (χ0n) is 7.35. The molecule has 10 heavy (non-hydrogen) atoms. The van der Waals surface area contributed by atoms with Gasteiger partial charge in [-0.2, -0.15) is 0 Å². The summed E-state index contributed by atoms with van der Waals surface area (Å²) in [6, 6.07) is 0. The number of carbonyl (C=O) groups is 1. The Morgan fingerprint density at radius 2 is 1.90 bits per heavy atom. The van der Waals surface area contributed by atoms with Gasteiger partial charge in [-0.3, -0.25) is 4.79 Å². The van der Waals surface area contributed by atoms with Crippen LogP contribution in [0.1, 0.15) is 27.2 Å². The van der Waals surface area contributed by atoms with Gasteiger partial charge in [-0.05, 0) is 11.8 Å². The van der Waals surface area contributed by atoms with Gasteiger partial charge < -0.3 is 4.90 Å². The number of amides is 1. The lowest BCUT2D eigenvalue weighted by atomic mass is 9.92. The van der Waals surface area contributed by atoms with E-state index in [1.807, 2.05) is 0 Å². The van der Waals surface area contributed by atoms with Crippen LogP contribution in [0.15, 0.2) is 0 Å². The second-order valence-corrected chi connectivity index (χ2v) is 3.90. The smallest absolute Gasteiger partial charge is 0.209 e. The summed E-state index contributed by atoms with van der Waals surface area (Å²) in [5, 5.41) is 0. The van der Waals surface area contributed by atoms with E-state index in [0.29, 0.717) is 5.41 Å². The van der Waals surface area contributed by atoms with Crippen molar-refractivity contribution in [2.75, 3.05) is 13.6 Å². The normalized spacial score (nSPS) is 11.2. The van der Waals surface area contributed by atoms with Gasteiger partial charge in [-0.15, -0.1) is 0 Å². The fourth-order valence-electron chi connectivity index (χ4n) is 0.564. The quantitative estimate of drug-likeness (QED) is 0.548. The van der Waals surface area contributed by atoms with Crippen LogP contribution in [0.5, 0.6) is 0 Å². The Labute approximate surface area is 63.2 Å². The first-order valence-corrected chi connectivity index (χ1v) is 3.61. The molecule has 0 fully saturated rings. The first kappa shape index (κ1) is 9.47. The number of hydrogen-bond donors (Lipinski definition) is 0. The lowest BCUT2D eigenvalue weighted by Gasteiger charge is -2.20. The van der Waals surface area contributed by atoms with E-state index in [1.165, 1.54) is 0 Å². The Kier molecular flexibility index (Phi) is 3.40. The van der Waals surface area contributed by atoms with E-state index in [0.717, 1.165) is 19.4 Å². The van der Waals surface area contributed by atoms with Crippen molar-refractivity contribution in [3.63, 3.8) is 0 Å². The van der Waals surface area contributed by atoms with Crippen molar-refractivity contribution in [2.45, 2.75) is 27.2 Å². The van der Waals surface area contributed by atoms with Crippen molar-refractivity contribution in [1.82, 2.24) is 4.90 Å². The average Bonchev–Trinajstić information content (AvgIpc) is 1.81. The second-order valence-electron chi connectivity index (χ2n) is 3.90. The van der Waals surface area contributed by atoms with Gasteiger partial charge in [0.2, 0.25) is 6.41 Å².